The maximum atomic E-state index is 13.8. The summed E-state index contributed by atoms with van der Waals surface area (Å²) >= 11 is 0. The molecule has 0 atom stereocenters. The fourth-order valence-corrected chi connectivity index (χ4v) is 5.07. The molecule has 0 spiro atoms. The number of nitrogens with zero attached hydrogens (tertiary/aromatic N) is 3. The van der Waals surface area contributed by atoms with E-state index in [1.165, 1.54) is 16.9 Å². The first-order chi connectivity index (χ1) is 17.2. The minimum Gasteiger partial charge on any atom is -0.505 e. The number of aromatic hydroxyl groups is 1. The van der Waals surface area contributed by atoms with Crippen molar-refractivity contribution in [2.24, 2.45) is 5.41 Å². The monoisotopic (exact) mass is 511 g/mol. The Kier molecular flexibility index (Phi) is 8.06. The molecule has 4 aromatic rings. The van der Waals surface area contributed by atoms with Crippen LogP contribution in [0.15, 0.2) is 60.7 Å². The predicted octanol–water partition coefficient (Wildman–Crippen LogP) is 8.19. The van der Waals surface area contributed by atoms with Crippen molar-refractivity contribution < 1.29 is 18.3 Å². The molecule has 0 saturated heterocycles. The van der Waals surface area contributed by atoms with Gasteiger partial charge >= 0.3 is 0 Å². The van der Waals surface area contributed by atoms with E-state index in [0.717, 1.165) is 23.1 Å². The highest BCUT2D eigenvalue weighted by Gasteiger charge is 2.33. The second-order valence-electron chi connectivity index (χ2n) is 11.7. The van der Waals surface area contributed by atoms with Crippen LogP contribution < -0.4 is 0 Å². The number of benzene rings is 3. The molecule has 0 saturated carbocycles. The quantitative estimate of drug-likeness (QED) is 0.294. The van der Waals surface area contributed by atoms with E-state index in [9.17, 15) is 18.3 Å². The maximum Gasteiger partial charge on any atom is 0.229 e. The third-order valence-electron chi connectivity index (χ3n) is 6.57. The van der Waals surface area contributed by atoms with E-state index < -0.39 is 12.3 Å². The van der Waals surface area contributed by atoms with Crippen molar-refractivity contribution >= 4 is 11.0 Å². The first-order valence-electron chi connectivity index (χ1n) is 12.3. The summed E-state index contributed by atoms with van der Waals surface area (Å²) in [6, 6.07) is 18.6. The average Bonchev–Trinajstić information content (AvgIpc) is 3.21. The van der Waals surface area contributed by atoms with Crippen LogP contribution in [0, 0.1) is 11.2 Å². The molecule has 0 aliphatic rings. The molecule has 1 aromatic heterocycles. The highest BCUT2D eigenvalue weighted by molar-refractivity contribution is 5.74. The van der Waals surface area contributed by atoms with Gasteiger partial charge in [-0.15, -0.1) is 15.0 Å². The normalized spacial score (nSPS) is 12.4. The summed E-state index contributed by atoms with van der Waals surface area (Å²) in [7, 11) is 0. The number of aromatic nitrogens is 3. The van der Waals surface area contributed by atoms with Gasteiger partial charge in [0.15, 0.2) is 0 Å². The molecule has 4 nitrogen and oxygen atoms in total. The molecule has 198 valence electrons. The van der Waals surface area contributed by atoms with Gasteiger partial charge in [-0.25, -0.2) is 13.2 Å². The average molecular weight is 512 g/mol. The van der Waals surface area contributed by atoms with Crippen LogP contribution in [-0.4, -0.2) is 27.0 Å². The van der Waals surface area contributed by atoms with Crippen molar-refractivity contribution in [3.8, 4) is 11.4 Å². The standard InChI is InChI=1S/C29H34FN3O.CH2F2/c1-27(2,3)18-28(4,5)20-15-22(29(6,7)19-11-9-8-10-12-19)26(34)25(16-20)33-31-23-14-13-21(30)17-24(23)32-33;2-1-3/h8-17,34H,18H2,1-7H3;1H2. The van der Waals surface area contributed by atoms with E-state index in [-0.39, 0.29) is 22.4 Å². The molecule has 0 bridgehead atoms. The Morgan fingerprint density at radius 2 is 1.38 bits per heavy atom. The fourth-order valence-electron chi connectivity index (χ4n) is 5.07. The van der Waals surface area contributed by atoms with E-state index in [2.05, 4.69) is 76.9 Å². The molecule has 0 unspecified atom stereocenters. The molecule has 0 aliphatic carbocycles. The Balaban J connectivity index is 0.00000121. The van der Waals surface area contributed by atoms with Crippen molar-refractivity contribution in [3.05, 3.63) is 83.2 Å². The number of halogens is 3. The topological polar surface area (TPSA) is 50.9 Å². The van der Waals surface area contributed by atoms with Crippen molar-refractivity contribution in [1.82, 2.24) is 15.0 Å². The lowest BCUT2D eigenvalue weighted by atomic mass is 9.70. The minimum atomic E-state index is -1.75. The number of phenolic OH excluding ortho intramolecular Hbond substituents is 1. The third kappa shape index (κ3) is 6.32. The van der Waals surface area contributed by atoms with Gasteiger partial charge in [-0.3, -0.25) is 0 Å². The Hall–Kier alpha value is -3.35. The molecule has 1 N–H and O–H groups in total. The van der Waals surface area contributed by atoms with E-state index >= 15 is 0 Å². The molecule has 4 rings (SSSR count). The van der Waals surface area contributed by atoms with Crippen molar-refractivity contribution in [2.75, 3.05) is 6.93 Å². The van der Waals surface area contributed by atoms with Gasteiger partial charge in [0.05, 0.1) is 0 Å². The van der Waals surface area contributed by atoms with E-state index in [1.807, 2.05) is 24.3 Å². The number of hydrogen-bond donors (Lipinski definition) is 1. The van der Waals surface area contributed by atoms with Crippen LogP contribution in [0.4, 0.5) is 13.2 Å². The van der Waals surface area contributed by atoms with Crippen LogP contribution in [0.1, 0.15) is 71.6 Å². The van der Waals surface area contributed by atoms with Crippen LogP contribution >= 0.6 is 0 Å². The highest BCUT2D eigenvalue weighted by Crippen LogP contribution is 2.44. The molecular weight excluding hydrogens is 475 g/mol. The molecule has 7 heteroatoms. The largest absolute Gasteiger partial charge is 0.505 e. The Morgan fingerprint density at radius 1 is 0.784 bits per heavy atom. The Morgan fingerprint density at radius 3 is 1.97 bits per heavy atom. The zero-order valence-electron chi connectivity index (χ0n) is 22.6. The molecule has 1 heterocycles. The first kappa shape index (κ1) is 28.2. The first-order valence-corrected chi connectivity index (χ1v) is 12.3. The molecule has 0 aliphatic heterocycles. The lowest BCUT2D eigenvalue weighted by Gasteiger charge is -2.35. The molecule has 0 radical (unpaired) electrons. The van der Waals surface area contributed by atoms with E-state index in [4.69, 9.17) is 0 Å². The third-order valence-corrected chi connectivity index (χ3v) is 6.57. The van der Waals surface area contributed by atoms with Crippen molar-refractivity contribution in [3.63, 3.8) is 0 Å². The SMILES string of the molecule is CC(C)(C)CC(C)(C)c1cc(-n2nc3ccc(F)cc3n2)c(O)c(C(C)(C)c2ccccc2)c1.FCF. The number of alkyl halides is 2. The van der Waals surface area contributed by atoms with Gasteiger partial charge in [-0.2, -0.15) is 0 Å². The molecule has 0 amide bonds. The van der Waals surface area contributed by atoms with E-state index in [1.54, 1.807) is 6.07 Å². The zero-order valence-corrected chi connectivity index (χ0v) is 22.6. The summed E-state index contributed by atoms with van der Waals surface area (Å²) in [6.45, 7) is 13.7. The Bertz CT molecular complexity index is 1360. The van der Waals surface area contributed by atoms with Crippen LogP contribution in [0.25, 0.3) is 16.7 Å². The highest BCUT2D eigenvalue weighted by atomic mass is 19.3. The summed E-state index contributed by atoms with van der Waals surface area (Å²) in [5.74, 6) is -0.236. The molecule has 37 heavy (non-hydrogen) atoms. The van der Waals surface area contributed by atoms with Crippen LogP contribution in [0.5, 0.6) is 5.75 Å². The number of fused-ring (bicyclic) bond motifs is 1. The van der Waals surface area contributed by atoms with Crippen LogP contribution in [0.3, 0.4) is 0 Å². The lowest BCUT2D eigenvalue weighted by molar-refractivity contribution is 0.283. The van der Waals surface area contributed by atoms with Gasteiger partial charge in [0.1, 0.15) is 28.3 Å². The summed E-state index contributed by atoms with van der Waals surface area (Å²) in [4.78, 5) is 1.43. The van der Waals surface area contributed by atoms with Crippen LogP contribution in [0.2, 0.25) is 0 Å². The van der Waals surface area contributed by atoms with Gasteiger partial charge in [-0.05, 0) is 46.6 Å². The van der Waals surface area contributed by atoms with Gasteiger partial charge in [0, 0.05) is 17.0 Å². The number of hydrogen-bond acceptors (Lipinski definition) is 3. The van der Waals surface area contributed by atoms with Crippen molar-refractivity contribution in [2.45, 2.75) is 65.7 Å². The zero-order chi connectivity index (χ0) is 27.6. The minimum absolute atomic E-state index is 0.118. The summed E-state index contributed by atoms with van der Waals surface area (Å²) in [6.07, 6.45) is 0.954. The fraction of sp³-hybridized carbons (Fsp3) is 0.400. The van der Waals surface area contributed by atoms with Gasteiger partial charge in [0.25, 0.3) is 0 Å². The number of phenols is 1. The maximum absolute atomic E-state index is 13.8. The van der Waals surface area contributed by atoms with Crippen LogP contribution in [-0.2, 0) is 10.8 Å². The van der Waals surface area contributed by atoms with Gasteiger partial charge < -0.3 is 5.11 Å². The number of rotatable bonds is 5. The van der Waals surface area contributed by atoms with Crippen molar-refractivity contribution in [1.29, 1.82) is 0 Å². The Labute approximate surface area is 217 Å². The summed E-state index contributed by atoms with van der Waals surface area (Å²) in [5, 5.41) is 20.6. The smallest absolute Gasteiger partial charge is 0.229 e. The molecule has 3 aromatic carbocycles. The molecule has 0 fully saturated rings. The van der Waals surface area contributed by atoms with Gasteiger partial charge in [0.2, 0.25) is 6.93 Å². The van der Waals surface area contributed by atoms with E-state index in [0.29, 0.717) is 16.7 Å². The predicted molar refractivity (Wildman–Crippen MR) is 143 cm³/mol. The molecular formula is C30H36F3N3O. The summed E-state index contributed by atoms with van der Waals surface area (Å²) < 4.78 is 33.0. The summed E-state index contributed by atoms with van der Waals surface area (Å²) in [5.41, 5.74) is 4.01. The van der Waals surface area contributed by atoms with Gasteiger partial charge in [-0.1, -0.05) is 84.9 Å². The second-order valence-corrected chi connectivity index (χ2v) is 11.7. The second kappa shape index (κ2) is 10.6. The lowest BCUT2D eigenvalue weighted by Crippen LogP contribution is -2.27.